The van der Waals surface area contributed by atoms with Gasteiger partial charge in [-0.05, 0) is 44.5 Å². The van der Waals surface area contributed by atoms with Crippen molar-refractivity contribution in [2.24, 2.45) is 0 Å². The summed E-state index contributed by atoms with van der Waals surface area (Å²) in [4.78, 5) is 22.8. The van der Waals surface area contributed by atoms with Crippen LogP contribution < -0.4 is 10.1 Å². The van der Waals surface area contributed by atoms with Crippen LogP contribution in [0.15, 0.2) is 36.4 Å². The molecule has 1 N–H and O–H groups in total. The van der Waals surface area contributed by atoms with Crippen LogP contribution in [0.1, 0.15) is 20.8 Å². The number of halogens is 1. The number of hydrogen-bond donors (Lipinski definition) is 1. The number of benzene rings is 2. The quantitative estimate of drug-likeness (QED) is 0.578. The number of nitrogens with one attached hydrogen (secondary N) is 1. The van der Waals surface area contributed by atoms with Gasteiger partial charge in [-0.1, -0.05) is 23.7 Å². The van der Waals surface area contributed by atoms with Crippen molar-refractivity contribution >= 4 is 29.1 Å². The van der Waals surface area contributed by atoms with Crippen LogP contribution in [0.3, 0.4) is 0 Å². The maximum absolute atomic E-state index is 11.9. The predicted molar refractivity (Wildman–Crippen MR) is 100.0 cm³/mol. The number of amides is 1. The third kappa shape index (κ3) is 4.86. The molecule has 0 aliphatic heterocycles. The van der Waals surface area contributed by atoms with E-state index in [-0.39, 0.29) is 16.4 Å². The SMILES string of the molecule is COc1ccc(-c2cc([N+](=O)[O-])c(NC(=O)OC(C)(C)C)cc2Cl)cc1. The van der Waals surface area contributed by atoms with Crippen LogP contribution in [0.25, 0.3) is 11.1 Å². The Labute approximate surface area is 156 Å². The highest BCUT2D eigenvalue weighted by molar-refractivity contribution is 6.34. The lowest BCUT2D eigenvalue weighted by Crippen LogP contribution is -2.27. The van der Waals surface area contributed by atoms with E-state index < -0.39 is 16.6 Å². The third-order valence-corrected chi connectivity index (χ3v) is 3.63. The van der Waals surface area contributed by atoms with Gasteiger partial charge in [-0.2, -0.15) is 0 Å². The minimum Gasteiger partial charge on any atom is -0.497 e. The van der Waals surface area contributed by atoms with E-state index in [1.54, 1.807) is 52.1 Å². The molecule has 0 bridgehead atoms. The summed E-state index contributed by atoms with van der Waals surface area (Å²) >= 11 is 6.28. The van der Waals surface area contributed by atoms with Crippen LogP contribution in [0, 0.1) is 10.1 Å². The number of nitrogens with zero attached hydrogens (tertiary/aromatic N) is 1. The highest BCUT2D eigenvalue weighted by Crippen LogP contribution is 2.37. The summed E-state index contributed by atoms with van der Waals surface area (Å²) in [6, 6.07) is 9.59. The average molecular weight is 379 g/mol. The number of hydrogen-bond acceptors (Lipinski definition) is 5. The average Bonchev–Trinajstić information content (AvgIpc) is 2.53. The van der Waals surface area contributed by atoms with Gasteiger partial charge in [0.15, 0.2) is 0 Å². The number of carbonyl (C=O) groups excluding carboxylic acids is 1. The van der Waals surface area contributed by atoms with Gasteiger partial charge in [-0.15, -0.1) is 0 Å². The Morgan fingerprint density at radius 3 is 2.31 bits per heavy atom. The molecule has 1 amide bonds. The lowest BCUT2D eigenvalue weighted by atomic mass is 10.0. The number of ether oxygens (including phenoxy) is 2. The zero-order valence-corrected chi connectivity index (χ0v) is 15.6. The van der Waals surface area contributed by atoms with E-state index in [0.717, 1.165) is 0 Å². The normalized spacial score (nSPS) is 11.0. The first-order valence-corrected chi connectivity index (χ1v) is 8.11. The van der Waals surface area contributed by atoms with Crippen LogP contribution >= 0.6 is 11.6 Å². The molecule has 0 aliphatic carbocycles. The number of nitro groups is 1. The van der Waals surface area contributed by atoms with E-state index in [4.69, 9.17) is 21.1 Å². The summed E-state index contributed by atoms with van der Waals surface area (Å²) in [5.74, 6) is 0.655. The first kappa shape index (κ1) is 19.5. The maximum atomic E-state index is 11.9. The zero-order chi connectivity index (χ0) is 19.5. The molecular formula is C18H19ClN2O5. The number of anilines is 1. The minimum atomic E-state index is -0.797. The van der Waals surface area contributed by atoms with Gasteiger partial charge < -0.3 is 9.47 Å². The first-order valence-electron chi connectivity index (χ1n) is 7.73. The fourth-order valence-electron chi connectivity index (χ4n) is 2.22. The molecule has 2 rings (SSSR count). The van der Waals surface area contributed by atoms with E-state index in [2.05, 4.69) is 5.32 Å². The molecule has 0 radical (unpaired) electrons. The Morgan fingerprint density at radius 1 is 1.19 bits per heavy atom. The molecule has 0 saturated heterocycles. The summed E-state index contributed by atoms with van der Waals surface area (Å²) in [5.41, 5.74) is 0.0992. The van der Waals surface area contributed by atoms with E-state index in [1.807, 2.05) is 0 Å². The molecule has 7 nitrogen and oxygen atoms in total. The van der Waals surface area contributed by atoms with E-state index in [1.165, 1.54) is 12.1 Å². The second kappa shape index (κ2) is 7.61. The van der Waals surface area contributed by atoms with Gasteiger partial charge in [0.05, 0.1) is 17.1 Å². The van der Waals surface area contributed by atoms with Crippen molar-refractivity contribution in [3.05, 3.63) is 51.5 Å². The maximum Gasteiger partial charge on any atom is 0.412 e. The van der Waals surface area contributed by atoms with Gasteiger partial charge in [0.2, 0.25) is 0 Å². The van der Waals surface area contributed by atoms with Crippen molar-refractivity contribution < 1.29 is 19.2 Å². The van der Waals surface area contributed by atoms with Crippen LogP contribution in [0.5, 0.6) is 5.75 Å². The highest BCUT2D eigenvalue weighted by atomic mass is 35.5. The molecule has 0 unspecified atom stereocenters. The molecule has 26 heavy (non-hydrogen) atoms. The number of nitro benzene ring substituents is 1. The molecule has 8 heteroatoms. The van der Waals surface area contributed by atoms with Crippen molar-refractivity contribution in [3.8, 4) is 16.9 Å². The summed E-state index contributed by atoms with van der Waals surface area (Å²) < 4.78 is 10.2. The zero-order valence-electron chi connectivity index (χ0n) is 14.8. The van der Waals surface area contributed by atoms with Crippen molar-refractivity contribution in [1.82, 2.24) is 0 Å². The molecule has 0 saturated carbocycles. The number of methoxy groups -OCH3 is 1. The Bertz CT molecular complexity index is 829. The van der Waals surface area contributed by atoms with Crippen molar-refractivity contribution in [1.29, 1.82) is 0 Å². The van der Waals surface area contributed by atoms with Crippen LogP contribution in [-0.4, -0.2) is 23.7 Å². The molecule has 2 aromatic carbocycles. The van der Waals surface area contributed by atoms with E-state index >= 15 is 0 Å². The molecular weight excluding hydrogens is 360 g/mol. The van der Waals surface area contributed by atoms with Gasteiger partial charge >= 0.3 is 6.09 Å². The van der Waals surface area contributed by atoms with E-state index in [9.17, 15) is 14.9 Å². The summed E-state index contributed by atoms with van der Waals surface area (Å²) in [7, 11) is 1.55. The Balaban J connectivity index is 2.41. The topological polar surface area (TPSA) is 90.7 Å². The molecule has 138 valence electrons. The van der Waals surface area contributed by atoms with Gasteiger partial charge in [-0.25, -0.2) is 4.79 Å². The monoisotopic (exact) mass is 378 g/mol. The second-order valence-corrected chi connectivity index (χ2v) is 6.87. The third-order valence-electron chi connectivity index (χ3n) is 3.32. The fraction of sp³-hybridized carbons (Fsp3) is 0.278. The van der Waals surface area contributed by atoms with Crippen molar-refractivity contribution in [3.63, 3.8) is 0 Å². The summed E-state index contributed by atoms with van der Waals surface area (Å²) in [6.45, 7) is 5.09. The first-order chi connectivity index (χ1) is 12.1. The summed E-state index contributed by atoms with van der Waals surface area (Å²) in [6.07, 6.45) is -0.797. The second-order valence-electron chi connectivity index (χ2n) is 6.46. The number of carbonyl (C=O) groups is 1. The van der Waals surface area contributed by atoms with Gasteiger partial charge in [0.25, 0.3) is 5.69 Å². The molecule has 0 heterocycles. The van der Waals surface area contributed by atoms with Crippen LogP contribution in [0.2, 0.25) is 5.02 Å². The van der Waals surface area contributed by atoms with Gasteiger partial charge in [0, 0.05) is 11.6 Å². The van der Waals surface area contributed by atoms with Crippen molar-refractivity contribution in [2.45, 2.75) is 26.4 Å². The van der Waals surface area contributed by atoms with Gasteiger partial charge in [0.1, 0.15) is 17.0 Å². The fourth-order valence-corrected chi connectivity index (χ4v) is 2.49. The van der Waals surface area contributed by atoms with Crippen LogP contribution in [-0.2, 0) is 4.74 Å². The van der Waals surface area contributed by atoms with Crippen LogP contribution in [0.4, 0.5) is 16.2 Å². The molecule has 0 fully saturated rings. The molecule has 0 aromatic heterocycles. The van der Waals surface area contributed by atoms with Crippen molar-refractivity contribution in [2.75, 3.05) is 12.4 Å². The minimum absolute atomic E-state index is 0.0356. The smallest absolute Gasteiger partial charge is 0.412 e. The summed E-state index contributed by atoms with van der Waals surface area (Å²) in [5, 5.41) is 14.1. The van der Waals surface area contributed by atoms with E-state index in [0.29, 0.717) is 16.9 Å². The number of rotatable bonds is 4. The lowest BCUT2D eigenvalue weighted by molar-refractivity contribution is -0.383. The Kier molecular flexibility index (Phi) is 5.72. The standard InChI is InChI=1S/C18H19ClN2O5/c1-18(2,3)26-17(22)20-15-10-14(19)13(9-16(15)21(23)24)11-5-7-12(25-4)8-6-11/h5-10H,1-4H3,(H,20,22). The molecule has 0 spiro atoms. The largest absolute Gasteiger partial charge is 0.497 e. The predicted octanol–water partition coefficient (Wildman–Crippen LogP) is 5.27. The molecule has 2 aromatic rings. The molecule has 0 aliphatic rings. The molecule has 0 atom stereocenters. The van der Waals surface area contributed by atoms with Gasteiger partial charge in [-0.3, -0.25) is 15.4 Å². The lowest BCUT2D eigenvalue weighted by Gasteiger charge is -2.19. The Morgan fingerprint density at radius 2 is 1.81 bits per heavy atom. The highest BCUT2D eigenvalue weighted by Gasteiger charge is 2.23. The Hall–Kier alpha value is -2.80.